The summed E-state index contributed by atoms with van der Waals surface area (Å²) in [4.78, 5) is 166. The van der Waals surface area contributed by atoms with E-state index < -0.39 is 49.4 Å². The number of aromatic hydroxyl groups is 1. The molecule has 12 heterocycles. The highest BCUT2D eigenvalue weighted by atomic mass is 79.9. The summed E-state index contributed by atoms with van der Waals surface area (Å²) in [6, 6.07) is 13.3. The fourth-order valence-electron chi connectivity index (χ4n) is 12.9. The summed E-state index contributed by atoms with van der Waals surface area (Å²) in [5.41, 5.74) is 3.58. The first-order valence-electron chi connectivity index (χ1n) is 38.5. The third-order valence-electron chi connectivity index (χ3n) is 19.9. The first kappa shape index (κ1) is 101. The van der Waals surface area contributed by atoms with Crippen LogP contribution in [0.25, 0.3) is 22.6 Å². The van der Waals surface area contributed by atoms with Crippen LogP contribution in [0.5, 0.6) is 23.0 Å². The van der Waals surface area contributed by atoms with E-state index in [-0.39, 0.29) is 130 Å². The molecule has 6 unspecified atom stereocenters. The Kier molecular flexibility index (Phi) is 42.7. The Morgan fingerprint density at radius 1 is 0.433 bits per heavy atom. The van der Waals surface area contributed by atoms with Gasteiger partial charge in [-0.05, 0) is 106 Å². The van der Waals surface area contributed by atoms with Crippen molar-refractivity contribution in [2.45, 2.75) is 228 Å². The zero-order chi connectivity index (χ0) is 89.8. The number of rotatable bonds is 17. The number of pyridine rings is 4. The van der Waals surface area contributed by atoms with Crippen LogP contribution in [0.3, 0.4) is 0 Å². The molecular formula is C82H103BrN8O29. The Morgan fingerprint density at radius 2 is 0.742 bits per heavy atom. The molecule has 0 aromatic carbocycles. The zero-order valence-corrected chi connectivity index (χ0v) is 70.7. The highest BCUT2D eigenvalue weighted by Crippen LogP contribution is 2.37. The largest absolute Gasteiger partial charge is 0.504 e. The van der Waals surface area contributed by atoms with Crippen LogP contribution in [0.2, 0.25) is 0 Å². The molecule has 0 aliphatic carbocycles. The molecule has 4 N–H and O–H groups in total. The number of carbonyl (C=O) groups is 3. The molecule has 12 rings (SSSR count). The minimum absolute atomic E-state index is 0.0256. The van der Waals surface area contributed by atoms with Gasteiger partial charge in [0.15, 0.2) is 57.8 Å². The van der Waals surface area contributed by atoms with Crippen LogP contribution in [0.1, 0.15) is 152 Å². The second kappa shape index (κ2) is 50.6. The normalized spacial score (nSPS) is 24.3. The summed E-state index contributed by atoms with van der Waals surface area (Å²) in [7, 11) is 0. The van der Waals surface area contributed by atoms with Crippen molar-refractivity contribution in [3.63, 3.8) is 0 Å². The molecule has 4 saturated heterocycles. The van der Waals surface area contributed by atoms with Crippen LogP contribution in [-0.4, -0.2) is 186 Å². The first-order valence-corrected chi connectivity index (χ1v) is 39.4. The highest BCUT2D eigenvalue weighted by molar-refractivity contribution is 9.09. The van der Waals surface area contributed by atoms with Crippen molar-refractivity contribution in [1.29, 1.82) is 0 Å². The second-order valence-electron chi connectivity index (χ2n) is 28.2. The van der Waals surface area contributed by atoms with Crippen LogP contribution in [0.4, 0.5) is 0 Å². The number of hydrogen-bond acceptors (Lipinski definition) is 33. The zero-order valence-electron chi connectivity index (χ0n) is 69.2. The molecule has 8 aromatic heterocycles. The molecule has 4 aliphatic heterocycles. The summed E-state index contributed by atoms with van der Waals surface area (Å²) >= 11 is 3.39. The van der Waals surface area contributed by atoms with Gasteiger partial charge in [-0.3, -0.25) is 51.2 Å². The average molecular weight is 1740 g/mol. The van der Waals surface area contributed by atoms with Gasteiger partial charge >= 0.3 is 42.5 Å². The quantitative estimate of drug-likeness (QED) is 0.0436. The molecule has 0 bridgehead atoms. The summed E-state index contributed by atoms with van der Waals surface area (Å²) < 4.78 is 62.3. The maximum atomic E-state index is 12.7. The Morgan fingerprint density at radius 3 is 1.12 bits per heavy atom. The minimum Gasteiger partial charge on any atom is -0.504 e. The van der Waals surface area contributed by atoms with E-state index in [1.807, 2.05) is 62.3 Å². The Balaban J connectivity index is 0.000000310. The molecule has 18 atom stereocenters. The first-order chi connectivity index (χ1) is 57.1. The maximum absolute atomic E-state index is 12.7. The number of halogens is 1. The van der Waals surface area contributed by atoms with E-state index in [2.05, 4.69) is 56.6 Å². The second-order valence-corrected chi connectivity index (χ2v) is 29.1. The van der Waals surface area contributed by atoms with E-state index >= 15 is 0 Å². The van der Waals surface area contributed by atoms with Gasteiger partial charge in [0.1, 0.15) is 29.4 Å². The van der Waals surface area contributed by atoms with Crippen molar-refractivity contribution in [3.05, 3.63) is 162 Å². The lowest BCUT2D eigenvalue weighted by Gasteiger charge is -2.42. The number of aliphatic hydroxyl groups excluding tert-OH is 3. The van der Waals surface area contributed by atoms with E-state index in [0.717, 1.165) is 25.7 Å². The number of aliphatic hydroxyl groups is 3. The number of carbonyl (C=O) groups excluding carboxylic acids is 11. The lowest BCUT2D eigenvalue weighted by molar-refractivity contribution is -0.242. The number of fused-ring (bicyclic) bond motifs is 4. The molecule has 37 nitrogen and oxygen atoms in total. The number of nitrogens with zero attached hydrogens (tertiary/aromatic N) is 8. The fraction of sp³-hybridized carbons (Fsp3) is 0.524. The minimum atomic E-state index is -1.42. The lowest BCUT2D eigenvalue weighted by Crippen LogP contribution is -2.54. The van der Waals surface area contributed by atoms with Crippen LogP contribution >= 0.6 is 15.9 Å². The standard InChI is InChI=1S/C21H28N2O5.C20H26N2O5.C16H20N2O6.C11H12N2O2.C10H17BrO3.4CO2/c1-6-8-16-11-22-19-17(9-7-10-23(19)20(16)25)28-21-18(27-15(5)24)13(3)12(2)14(4)26-21;1-5-7-15-10-21-18-16(8-6-9-22(18)19(15)24)27-20-17(26-14(4)23)13(3)12(2)11-25-20;1-2-4-9-7-17-14-11(5-3-6-18(14)15(9)22)24-16-13(21)12(20)10(19)8-23-16;1-2-4-8-7-12-10-9(14)5-3-6-13(10)11(8)15;1-5-6(2)9(14-8(4)12)10(11)13-7(5)3;4*2-1-3/h7,9-14,18,21H,6,8H2,1-5H3;6,8-10,12-13,17,20H,5,7,11H2,1-4H3;3,5-7,10,12-13,16,19-21H,2,4,8H2,1H3;3,5-7,14H,2,4H2,1H3;5-7,9-10H,1-4H3;;;;/t12-,13-,14?,18?,21-;12-,13+,17?,20+;10-,12+,13?,16+;;5-,6-,7?,9?,10+;;;;/m011.0..../s1. The van der Waals surface area contributed by atoms with Crippen LogP contribution < -0.4 is 36.4 Å². The van der Waals surface area contributed by atoms with Crippen LogP contribution in [-0.2, 0) is 112 Å². The number of esters is 3. The van der Waals surface area contributed by atoms with Crippen molar-refractivity contribution in [3.8, 4) is 23.0 Å². The van der Waals surface area contributed by atoms with Gasteiger partial charge in [0, 0.05) is 110 Å². The number of aromatic nitrogens is 8. The molecule has 38 heteroatoms. The molecule has 4 fully saturated rings. The van der Waals surface area contributed by atoms with Crippen molar-refractivity contribution in [1.82, 2.24) is 37.5 Å². The summed E-state index contributed by atoms with van der Waals surface area (Å²) in [5, 5.41) is 38.5. The van der Waals surface area contributed by atoms with Crippen molar-refractivity contribution in [2.24, 2.45) is 35.5 Å². The van der Waals surface area contributed by atoms with Gasteiger partial charge < -0.3 is 67.8 Å². The third-order valence-corrected chi connectivity index (χ3v) is 20.6. The Hall–Kier alpha value is -11.2. The van der Waals surface area contributed by atoms with E-state index in [9.17, 15) is 54.0 Å². The van der Waals surface area contributed by atoms with Crippen LogP contribution in [0.15, 0.2) is 117 Å². The van der Waals surface area contributed by atoms with E-state index in [0.29, 0.717) is 100 Å². The summed E-state index contributed by atoms with van der Waals surface area (Å²) in [6.07, 6.45) is 12.2. The molecular weight excluding hydrogens is 1640 g/mol. The van der Waals surface area contributed by atoms with E-state index in [1.165, 1.54) is 50.6 Å². The topological polar surface area (TPSA) is 498 Å². The smallest absolute Gasteiger partial charge is 0.373 e. The van der Waals surface area contributed by atoms with Gasteiger partial charge in [-0.15, -0.1) is 0 Å². The Labute approximate surface area is 697 Å². The predicted octanol–water partition coefficient (Wildman–Crippen LogP) is 6.37. The van der Waals surface area contributed by atoms with Crippen LogP contribution in [0, 0.1) is 35.5 Å². The van der Waals surface area contributed by atoms with Crippen molar-refractivity contribution < 1.29 is 121 Å². The number of aryl methyl sites for hydroxylation is 4. The molecule has 0 spiro atoms. The molecule has 0 saturated carbocycles. The summed E-state index contributed by atoms with van der Waals surface area (Å²) in [5.74, 6) is 1.36. The maximum Gasteiger partial charge on any atom is 0.373 e. The molecule has 120 heavy (non-hydrogen) atoms. The Bertz CT molecular complexity index is 5010. The average Bonchev–Trinajstić information content (AvgIpc) is 0.835. The van der Waals surface area contributed by atoms with Gasteiger partial charge in [-0.25, -0.2) is 19.9 Å². The number of hydrogen-bond donors (Lipinski definition) is 4. The molecule has 8 aromatic rings. The van der Waals surface area contributed by atoms with Gasteiger partial charge in [0.25, 0.3) is 22.2 Å². The van der Waals surface area contributed by atoms with Crippen molar-refractivity contribution >= 4 is 81.0 Å². The fourth-order valence-corrected chi connectivity index (χ4v) is 13.8. The third kappa shape index (κ3) is 27.9. The number of alkyl halides is 1. The molecule has 0 amide bonds. The number of ether oxygens (including phenoxy) is 10. The van der Waals surface area contributed by atoms with Crippen molar-refractivity contribution in [2.75, 3.05) is 13.2 Å². The van der Waals surface area contributed by atoms with E-state index in [4.69, 9.17) is 85.7 Å². The monoisotopic (exact) mass is 1740 g/mol. The predicted molar refractivity (Wildman–Crippen MR) is 422 cm³/mol. The SMILES string of the molecule is CC(=O)OC1[C@H](Br)OC(C)[C@@H](C)[C@@H]1C.CCCc1cnc2c(O)cccn2c1=O.CCCc1cnc2c(O[C@@H]3OC(C)[C@@H](C)[C@H](C)C3OC(C)=O)cccn2c1=O.CCCc1cnc2c(O[C@@H]3OC[C@@H](C)[C@H](C)C3OC(C)=O)cccn2c1=O.CCCc1cnc2c(O[C@@H]3OC[C@@H](O)[C@H](O)C3O)cccn2c1=O.O=C=O.O=C=O.O=C=O.O=C=O. The van der Waals surface area contributed by atoms with E-state index in [1.54, 1.807) is 85.8 Å². The molecule has 4 aliphatic rings. The van der Waals surface area contributed by atoms with Gasteiger partial charge in [-0.1, -0.05) is 111 Å². The highest BCUT2D eigenvalue weighted by Gasteiger charge is 2.45. The molecule has 0 radical (unpaired) electrons. The molecule has 652 valence electrons. The lowest BCUT2D eigenvalue weighted by atomic mass is 9.84. The van der Waals surface area contributed by atoms with Gasteiger partial charge in [-0.2, -0.15) is 38.4 Å². The van der Waals surface area contributed by atoms with Gasteiger partial charge in [0.2, 0.25) is 18.9 Å². The summed E-state index contributed by atoms with van der Waals surface area (Å²) in [6.45, 7) is 28.9. The van der Waals surface area contributed by atoms with Gasteiger partial charge in [0.05, 0.1) is 25.4 Å².